The SMILES string of the molecule is Cn1cnnc1Sc1ccc(NC(=O)c2cccc3cccnc23)cc1Cl. The number of hydrogen-bond acceptors (Lipinski definition) is 5. The summed E-state index contributed by atoms with van der Waals surface area (Å²) in [5.41, 5.74) is 1.79. The lowest BCUT2D eigenvalue weighted by Crippen LogP contribution is -2.12. The lowest BCUT2D eigenvalue weighted by Gasteiger charge is -2.09. The molecule has 0 aliphatic heterocycles. The summed E-state index contributed by atoms with van der Waals surface area (Å²) in [6.45, 7) is 0. The fourth-order valence-electron chi connectivity index (χ4n) is 2.61. The van der Waals surface area contributed by atoms with Crippen LogP contribution in [-0.4, -0.2) is 25.7 Å². The van der Waals surface area contributed by atoms with Gasteiger partial charge in [0.25, 0.3) is 5.91 Å². The number of pyridine rings is 1. The highest BCUT2D eigenvalue weighted by Crippen LogP contribution is 2.33. The Labute approximate surface area is 164 Å². The number of nitrogens with one attached hydrogen (secondary N) is 1. The Balaban J connectivity index is 1.56. The maximum atomic E-state index is 12.7. The van der Waals surface area contributed by atoms with Crippen molar-refractivity contribution >= 4 is 45.9 Å². The van der Waals surface area contributed by atoms with Crippen LogP contribution in [0.4, 0.5) is 5.69 Å². The van der Waals surface area contributed by atoms with E-state index in [2.05, 4.69) is 20.5 Å². The molecule has 0 aliphatic carbocycles. The van der Waals surface area contributed by atoms with Gasteiger partial charge in [-0.2, -0.15) is 0 Å². The number of benzene rings is 2. The van der Waals surface area contributed by atoms with Gasteiger partial charge in [-0.25, -0.2) is 0 Å². The van der Waals surface area contributed by atoms with Crippen LogP contribution in [0.25, 0.3) is 10.9 Å². The fourth-order valence-corrected chi connectivity index (χ4v) is 3.68. The summed E-state index contributed by atoms with van der Waals surface area (Å²) in [7, 11) is 1.86. The van der Waals surface area contributed by atoms with Crippen molar-refractivity contribution in [1.82, 2.24) is 19.7 Å². The molecule has 0 saturated carbocycles. The van der Waals surface area contributed by atoms with E-state index in [0.717, 1.165) is 15.4 Å². The van der Waals surface area contributed by atoms with Gasteiger partial charge >= 0.3 is 0 Å². The molecule has 134 valence electrons. The number of amides is 1. The minimum Gasteiger partial charge on any atom is -0.322 e. The highest BCUT2D eigenvalue weighted by Gasteiger charge is 2.13. The van der Waals surface area contributed by atoms with Crippen LogP contribution in [-0.2, 0) is 7.05 Å². The zero-order valence-electron chi connectivity index (χ0n) is 14.3. The van der Waals surface area contributed by atoms with Crippen LogP contribution in [0.3, 0.4) is 0 Å². The van der Waals surface area contributed by atoms with Crippen molar-refractivity contribution in [3.05, 3.63) is 71.6 Å². The zero-order chi connectivity index (χ0) is 18.8. The molecule has 4 rings (SSSR count). The van der Waals surface area contributed by atoms with Gasteiger partial charge in [-0.1, -0.05) is 29.8 Å². The van der Waals surface area contributed by atoms with E-state index in [9.17, 15) is 4.79 Å². The summed E-state index contributed by atoms with van der Waals surface area (Å²) in [4.78, 5) is 17.9. The summed E-state index contributed by atoms with van der Waals surface area (Å²) < 4.78 is 1.81. The minimum atomic E-state index is -0.232. The summed E-state index contributed by atoms with van der Waals surface area (Å²) in [6, 6.07) is 14.7. The molecule has 6 nitrogen and oxygen atoms in total. The van der Waals surface area contributed by atoms with E-state index in [1.807, 2.05) is 41.9 Å². The Morgan fingerprint density at radius 2 is 2.04 bits per heavy atom. The number of aryl methyl sites for hydroxylation is 1. The molecule has 0 bridgehead atoms. The van der Waals surface area contributed by atoms with E-state index in [-0.39, 0.29) is 5.91 Å². The number of nitrogens with zero attached hydrogens (tertiary/aromatic N) is 4. The predicted molar refractivity (Wildman–Crippen MR) is 106 cm³/mol. The van der Waals surface area contributed by atoms with E-state index in [1.165, 1.54) is 11.8 Å². The zero-order valence-corrected chi connectivity index (χ0v) is 15.8. The largest absolute Gasteiger partial charge is 0.322 e. The number of carbonyl (C=O) groups is 1. The maximum absolute atomic E-state index is 12.7. The van der Waals surface area contributed by atoms with Crippen molar-refractivity contribution < 1.29 is 4.79 Å². The van der Waals surface area contributed by atoms with Crippen molar-refractivity contribution in [2.75, 3.05) is 5.32 Å². The second-order valence-corrected chi connectivity index (χ2v) is 7.22. The first-order valence-electron chi connectivity index (χ1n) is 8.08. The minimum absolute atomic E-state index is 0.232. The van der Waals surface area contributed by atoms with Gasteiger partial charge in [-0.15, -0.1) is 10.2 Å². The van der Waals surface area contributed by atoms with Crippen molar-refractivity contribution in [2.24, 2.45) is 7.05 Å². The Morgan fingerprint density at radius 3 is 2.81 bits per heavy atom. The molecular weight excluding hydrogens is 382 g/mol. The fraction of sp³-hybridized carbons (Fsp3) is 0.0526. The summed E-state index contributed by atoms with van der Waals surface area (Å²) in [5.74, 6) is -0.232. The van der Waals surface area contributed by atoms with Gasteiger partial charge in [0.1, 0.15) is 6.33 Å². The van der Waals surface area contributed by atoms with Crippen LogP contribution in [0.1, 0.15) is 10.4 Å². The van der Waals surface area contributed by atoms with Gasteiger partial charge in [-0.05, 0) is 42.1 Å². The highest BCUT2D eigenvalue weighted by atomic mass is 35.5. The molecule has 27 heavy (non-hydrogen) atoms. The van der Waals surface area contributed by atoms with Gasteiger partial charge < -0.3 is 9.88 Å². The topological polar surface area (TPSA) is 72.7 Å². The van der Waals surface area contributed by atoms with Crippen LogP contribution in [0, 0.1) is 0 Å². The van der Waals surface area contributed by atoms with Gasteiger partial charge in [-0.3, -0.25) is 9.78 Å². The molecular formula is C19H14ClN5OS. The van der Waals surface area contributed by atoms with Crippen LogP contribution >= 0.6 is 23.4 Å². The summed E-state index contributed by atoms with van der Waals surface area (Å²) >= 11 is 7.79. The maximum Gasteiger partial charge on any atom is 0.257 e. The van der Waals surface area contributed by atoms with E-state index in [4.69, 9.17) is 11.6 Å². The van der Waals surface area contributed by atoms with Crippen molar-refractivity contribution in [3.8, 4) is 0 Å². The molecule has 0 atom stereocenters. The number of hydrogen-bond donors (Lipinski definition) is 1. The first kappa shape index (κ1) is 17.5. The third-order valence-corrected chi connectivity index (χ3v) is 5.49. The second-order valence-electron chi connectivity index (χ2n) is 5.81. The van der Waals surface area contributed by atoms with Gasteiger partial charge in [0, 0.05) is 29.2 Å². The predicted octanol–water partition coefficient (Wildman–Crippen LogP) is 4.42. The number of carbonyl (C=O) groups excluding carboxylic acids is 1. The van der Waals surface area contributed by atoms with E-state index in [0.29, 0.717) is 21.8 Å². The van der Waals surface area contributed by atoms with Gasteiger partial charge in [0.05, 0.1) is 16.1 Å². The van der Waals surface area contributed by atoms with E-state index in [1.54, 1.807) is 30.7 Å². The third kappa shape index (κ3) is 3.65. The molecule has 8 heteroatoms. The number of anilines is 1. The van der Waals surface area contributed by atoms with Crippen molar-refractivity contribution in [3.63, 3.8) is 0 Å². The van der Waals surface area contributed by atoms with Crippen LogP contribution in [0.5, 0.6) is 0 Å². The quantitative estimate of drug-likeness (QED) is 0.553. The van der Waals surface area contributed by atoms with Gasteiger partial charge in [0.2, 0.25) is 0 Å². The molecule has 0 radical (unpaired) electrons. The lowest BCUT2D eigenvalue weighted by atomic mass is 10.1. The number of halogens is 1. The molecule has 2 heterocycles. The molecule has 2 aromatic carbocycles. The molecule has 0 saturated heterocycles. The van der Waals surface area contributed by atoms with Crippen molar-refractivity contribution in [1.29, 1.82) is 0 Å². The Bertz CT molecular complexity index is 1140. The molecule has 0 unspecified atom stereocenters. The number of rotatable bonds is 4. The van der Waals surface area contributed by atoms with Crippen LogP contribution in [0.15, 0.2) is 71.1 Å². The number of fused-ring (bicyclic) bond motifs is 1. The molecule has 1 N–H and O–H groups in total. The van der Waals surface area contributed by atoms with E-state index >= 15 is 0 Å². The van der Waals surface area contributed by atoms with Crippen molar-refractivity contribution in [2.45, 2.75) is 10.1 Å². The molecule has 0 spiro atoms. The lowest BCUT2D eigenvalue weighted by molar-refractivity contribution is 0.102. The first-order chi connectivity index (χ1) is 13.1. The Kier molecular flexibility index (Phi) is 4.79. The molecule has 4 aromatic rings. The van der Waals surface area contributed by atoms with Crippen LogP contribution < -0.4 is 5.32 Å². The average Bonchev–Trinajstić information content (AvgIpc) is 3.08. The normalized spacial score (nSPS) is 10.9. The molecule has 0 fully saturated rings. The molecule has 2 aromatic heterocycles. The smallest absolute Gasteiger partial charge is 0.257 e. The average molecular weight is 396 g/mol. The second kappa shape index (κ2) is 7.38. The first-order valence-corrected chi connectivity index (χ1v) is 9.28. The monoisotopic (exact) mass is 395 g/mol. The van der Waals surface area contributed by atoms with Crippen LogP contribution in [0.2, 0.25) is 5.02 Å². The summed E-state index contributed by atoms with van der Waals surface area (Å²) in [5, 5.41) is 12.9. The third-order valence-electron chi connectivity index (χ3n) is 3.94. The Morgan fingerprint density at radius 1 is 1.19 bits per heavy atom. The molecule has 1 amide bonds. The van der Waals surface area contributed by atoms with E-state index < -0.39 is 0 Å². The Hall–Kier alpha value is -2.90. The number of para-hydroxylation sites is 1. The standard InChI is InChI=1S/C19H14ClN5OS/c1-25-11-22-24-19(25)27-16-8-7-13(10-15(16)20)23-18(26)14-6-2-4-12-5-3-9-21-17(12)14/h2-11H,1H3,(H,23,26). The summed E-state index contributed by atoms with van der Waals surface area (Å²) in [6.07, 6.45) is 3.30. The number of aromatic nitrogens is 4. The molecule has 0 aliphatic rings. The van der Waals surface area contributed by atoms with Gasteiger partial charge in [0.15, 0.2) is 5.16 Å². The highest BCUT2D eigenvalue weighted by molar-refractivity contribution is 7.99.